The Morgan fingerprint density at radius 1 is 1.33 bits per heavy atom. The molecule has 2 heterocycles. The summed E-state index contributed by atoms with van der Waals surface area (Å²) in [6, 6.07) is 2.22. The van der Waals surface area contributed by atoms with Crippen molar-refractivity contribution in [3.05, 3.63) is 21.4 Å². The second kappa shape index (κ2) is 5.05. The fourth-order valence-electron chi connectivity index (χ4n) is 1.73. The Kier molecular flexibility index (Phi) is 3.82. The molecular weight excluding hydrogens is 262 g/mol. The molecule has 0 bridgehead atoms. The third kappa shape index (κ3) is 3.36. The molecule has 18 heavy (non-hydrogen) atoms. The van der Waals surface area contributed by atoms with Gasteiger partial charge in [0.25, 0.3) is 0 Å². The third-order valence-electron chi connectivity index (χ3n) is 2.42. The van der Waals surface area contributed by atoms with Crippen LogP contribution in [0.25, 0.3) is 0 Å². The summed E-state index contributed by atoms with van der Waals surface area (Å²) in [5, 5.41) is 5.37. The van der Waals surface area contributed by atoms with E-state index in [1.165, 1.54) is 15.3 Å². The van der Waals surface area contributed by atoms with E-state index in [4.69, 9.17) is 0 Å². The van der Waals surface area contributed by atoms with E-state index >= 15 is 0 Å². The van der Waals surface area contributed by atoms with Gasteiger partial charge < -0.3 is 0 Å². The van der Waals surface area contributed by atoms with E-state index in [0.29, 0.717) is 0 Å². The Hall–Kier alpha value is -0.810. The van der Waals surface area contributed by atoms with Gasteiger partial charge in [0.05, 0.1) is 11.3 Å². The molecule has 1 aromatic heterocycles. The van der Waals surface area contributed by atoms with Gasteiger partial charge in [-0.1, -0.05) is 11.8 Å². The van der Waals surface area contributed by atoms with E-state index in [1.807, 2.05) is 11.3 Å². The normalized spacial score (nSPS) is 18.7. The molecule has 0 spiro atoms. The molecule has 0 aliphatic carbocycles. The van der Waals surface area contributed by atoms with Crippen molar-refractivity contribution in [1.29, 1.82) is 0 Å². The van der Waals surface area contributed by atoms with Crippen LogP contribution in [0.4, 0.5) is 0 Å². The molecule has 0 aromatic carbocycles. The van der Waals surface area contributed by atoms with Gasteiger partial charge in [-0.3, -0.25) is 10.4 Å². The minimum absolute atomic E-state index is 0.0583. The van der Waals surface area contributed by atoms with Crippen molar-refractivity contribution in [2.24, 2.45) is 10.1 Å². The number of hydrogen-bond acceptors (Lipinski definition) is 4. The zero-order valence-corrected chi connectivity index (χ0v) is 13.1. The Morgan fingerprint density at radius 3 is 2.50 bits per heavy atom. The van der Waals surface area contributed by atoms with Crippen LogP contribution in [-0.2, 0) is 0 Å². The lowest BCUT2D eigenvalue weighted by molar-refractivity contribution is 0.582. The summed E-state index contributed by atoms with van der Waals surface area (Å²) in [6.07, 6.45) is 0. The largest absolute Gasteiger partial charge is 0.256 e. The summed E-state index contributed by atoms with van der Waals surface area (Å²) in [7, 11) is 0. The molecule has 1 aliphatic heterocycles. The second-order valence-electron chi connectivity index (χ2n) is 5.37. The molecule has 1 N–H and O–H groups in total. The van der Waals surface area contributed by atoms with Gasteiger partial charge >= 0.3 is 0 Å². The zero-order chi connectivity index (χ0) is 13.3. The average molecular weight is 281 g/mol. The van der Waals surface area contributed by atoms with Crippen LogP contribution in [0.1, 0.15) is 36.1 Å². The van der Waals surface area contributed by atoms with E-state index in [2.05, 4.69) is 56.2 Å². The van der Waals surface area contributed by atoms with Crippen molar-refractivity contribution in [2.45, 2.75) is 40.2 Å². The van der Waals surface area contributed by atoms with Gasteiger partial charge in [0.1, 0.15) is 0 Å². The fourth-order valence-corrected chi connectivity index (χ4v) is 3.62. The molecule has 0 atom stereocenters. The van der Waals surface area contributed by atoms with Crippen LogP contribution < -0.4 is 5.43 Å². The highest BCUT2D eigenvalue weighted by Gasteiger charge is 2.18. The zero-order valence-electron chi connectivity index (χ0n) is 11.5. The topological polar surface area (TPSA) is 36.8 Å². The Morgan fingerprint density at radius 2 is 2.06 bits per heavy atom. The molecule has 98 valence electrons. The highest BCUT2D eigenvalue weighted by molar-refractivity contribution is 8.14. The molecule has 5 heteroatoms. The Labute approximate surface area is 117 Å². The van der Waals surface area contributed by atoms with Crippen LogP contribution in [0, 0.1) is 13.8 Å². The number of hydrazone groups is 1. The molecule has 1 aromatic rings. The Bertz CT molecular complexity index is 507. The smallest absolute Gasteiger partial charge is 0.178 e. The van der Waals surface area contributed by atoms with Crippen LogP contribution in [0.5, 0.6) is 0 Å². The SMILES string of the molecule is Cc1cc(C2=NNC(=NC(C)(C)C)SC2)c(C)s1. The maximum atomic E-state index is 4.59. The summed E-state index contributed by atoms with van der Waals surface area (Å²) in [4.78, 5) is 7.26. The first-order chi connectivity index (χ1) is 8.35. The molecule has 1 aliphatic rings. The van der Waals surface area contributed by atoms with E-state index in [1.54, 1.807) is 11.8 Å². The van der Waals surface area contributed by atoms with E-state index in [9.17, 15) is 0 Å². The molecule has 3 nitrogen and oxygen atoms in total. The van der Waals surface area contributed by atoms with Gasteiger partial charge in [-0.15, -0.1) is 11.3 Å². The van der Waals surface area contributed by atoms with Crippen LogP contribution in [0.3, 0.4) is 0 Å². The maximum absolute atomic E-state index is 4.59. The minimum Gasteiger partial charge on any atom is -0.256 e. The number of hydrogen-bond donors (Lipinski definition) is 1. The number of aliphatic imine (C=N–C) groups is 1. The number of nitrogens with one attached hydrogen (secondary N) is 1. The van der Waals surface area contributed by atoms with Gasteiger partial charge in [0, 0.05) is 21.1 Å². The number of rotatable bonds is 1. The van der Waals surface area contributed by atoms with E-state index in [0.717, 1.165) is 16.6 Å². The monoisotopic (exact) mass is 281 g/mol. The summed E-state index contributed by atoms with van der Waals surface area (Å²) in [5.41, 5.74) is 5.40. The van der Waals surface area contributed by atoms with E-state index in [-0.39, 0.29) is 5.54 Å². The van der Waals surface area contributed by atoms with E-state index < -0.39 is 0 Å². The first-order valence-electron chi connectivity index (χ1n) is 5.98. The molecule has 2 rings (SSSR count). The van der Waals surface area contributed by atoms with Gasteiger partial charge in [-0.2, -0.15) is 5.10 Å². The maximum Gasteiger partial charge on any atom is 0.178 e. The fraction of sp³-hybridized carbons (Fsp3) is 0.538. The first-order valence-corrected chi connectivity index (χ1v) is 7.78. The number of thioether (sulfide) groups is 1. The quantitative estimate of drug-likeness (QED) is 0.854. The standard InChI is InChI=1S/C13H19N3S2/c1-8-6-10(9(2)18-8)11-7-17-12(16-15-11)14-13(3,4)5/h6H,7H2,1-5H3,(H,14,16). The molecule has 0 saturated carbocycles. The molecular formula is C13H19N3S2. The van der Waals surface area contributed by atoms with Crippen molar-refractivity contribution >= 4 is 34.0 Å². The molecule has 0 saturated heterocycles. The minimum atomic E-state index is -0.0583. The van der Waals surface area contributed by atoms with Crippen molar-refractivity contribution in [3.8, 4) is 0 Å². The summed E-state index contributed by atoms with van der Waals surface area (Å²) in [6.45, 7) is 10.6. The first kappa shape index (κ1) is 13.6. The van der Waals surface area contributed by atoms with Gasteiger partial charge in [0.2, 0.25) is 0 Å². The summed E-state index contributed by atoms with van der Waals surface area (Å²) in [5.74, 6) is 0.888. The lowest BCUT2D eigenvalue weighted by Crippen LogP contribution is -2.28. The molecule has 0 fully saturated rings. The third-order valence-corrected chi connectivity index (χ3v) is 4.26. The summed E-state index contributed by atoms with van der Waals surface area (Å²) < 4.78 is 0. The highest BCUT2D eigenvalue weighted by Crippen LogP contribution is 2.24. The van der Waals surface area contributed by atoms with Crippen LogP contribution in [-0.4, -0.2) is 22.2 Å². The number of amidine groups is 1. The summed E-state index contributed by atoms with van der Waals surface area (Å²) >= 11 is 3.55. The molecule has 0 amide bonds. The Balaban J connectivity index is 2.17. The van der Waals surface area contributed by atoms with Crippen LogP contribution >= 0.6 is 23.1 Å². The predicted molar refractivity (Wildman–Crippen MR) is 83.1 cm³/mol. The van der Waals surface area contributed by atoms with Crippen LogP contribution in [0.15, 0.2) is 16.2 Å². The van der Waals surface area contributed by atoms with Gasteiger partial charge in [0.15, 0.2) is 5.17 Å². The molecule has 0 radical (unpaired) electrons. The van der Waals surface area contributed by atoms with Crippen molar-refractivity contribution in [1.82, 2.24) is 5.43 Å². The number of thiophene rings is 1. The van der Waals surface area contributed by atoms with Gasteiger partial charge in [-0.25, -0.2) is 0 Å². The number of nitrogens with zero attached hydrogens (tertiary/aromatic N) is 2. The van der Waals surface area contributed by atoms with Gasteiger partial charge in [-0.05, 0) is 40.7 Å². The number of aryl methyl sites for hydroxylation is 2. The van der Waals surface area contributed by atoms with Crippen molar-refractivity contribution in [3.63, 3.8) is 0 Å². The predicted octanol–water partition coefficient (Wildman–Crippen LogP) is 3.56. The average Bonchev–Trinajstić information content (AvgIpc) is 2.57. The lowest BCUT2D eigenvalue weighted by Gasteiger charge is -2.19. The van der Waals surface area contributed by atoms with Crippen LogP contribution in [0.2, 0.25) is 0 Å². The van der Waals surface area contributed by atoms with Crippen molar-refractivity contribution < 1.29 is 0 Å². The van der Waals surface area contributed by atoms with Crippen molar-refractivity contribution in [2.75, 3.05) is 5.75 Å². The molecule has 0 unspecified atom stereocenters. The lowest BCUT2D eigenvalue weighted by atomic mass is 10.1. The highest BCUT2D eigenvalue weighted by atomic mass is 32.2. The second-order valence-corrected chi connectivity index (χ2v) is 7.80.